The highest BCUT2D eigenvalue weighted by Gasteiger charge is 2.74. The van der Waals surface area contributed by atoms with Crippen LogP contribution in [0, 0.1) is 16.7 Å². The molecule has 0 aromatic rings. The number of fused-ring (bicyclic) bond motifs is 1. The number of carbonyl (C=O) groups is 1. The van der Waals surface area contributed by atoms with Gasteiger partial charge in [-0.05, 0) is 53.4 Å². The second kappa shape index (κ2) is 3.38. The smallest absolute Gasteiger partial charge is 0.163 e. The Morgan fingerprint density at radius 3 is 2.55 bits per heavy atom. The predicted octanol–water partition coefficient (Wildman–Crippen LogP) is 3.23. The van der Waals surface area contributed by atoms with E-state index in [2.05, 4.69) is 19.9 Å². The molecule has 0 radical (unpaired) electrons. The molecule has 1 saturated heterocycles. The van der Waals surface area contributed by atoms with Crippen LogP contribution in [0.25, 0.3) is 0 Å². The first-order chi connectivity index (χ1) is 9.29. The average Bonchev–Trinajstić information content (AvgIpc) is 3.07. The maximum atomic E-state index is 11.9. The van der Waals surface area contributed by atoms with Crippen LogP contribution in [-0.4, -0.2) is 23.8 Å². The van der Waals surface area contributed by atoms with Crippen LogP contribution in [0.15, 0.2) is 11.6 Å². The van der Waals surface area contributed by atoms with E-state index in [1.807, 2.05) is 13.8 Å². The van der Waals surface area contributed by atoms with Gasteiger partial charge < -0.3 is 14.3 Å². The Balaban J connectivity index is 1.93. The van der Waals surface area contributed by atoms with Gasteiger partial charge in [0.05, 0.1) is 17.1 Å². The van der Waals surface area contributed by atoms with Gasteiger partial charge >= 0.3 is 0 Å². The number of hydrogen-bond donors (Lipinski definition) is 0. The van der Waals surface area contributed by atoms with E-state index in [0.29, 0.717) is 0 Å². The summed E-state index contributed by atoms with van der Waals surface area (Å²) in [6, 6.07) is 0. The fraction of sp³-hybridized carbons (Fsp3) is 0.824. The molecule has 1 heterocycles. The van der Waals surface area contributed by atoms with E-state index in [4.69, 9.17) is 9.47 Å². The molecule has 1 spiro atoms. The van der Waals surface area contributed by atoms with Gasteiger partial charge in [0.25, 0.3) is 0 Å². The monoisotopic (exact) mass is 276 g/mol. The lowest BCUT2D eigenvalue weighted by molar-refractivity contribution is -0.368. The Bertz CT molecular complexity index is 516. The predicted molar refractivity (Wildman–Crippen MR) is 75.1 cm³/mol. The van der Waals surface area contributed by atoms with E-state index in [1.165, 1.54) is 24.7 Å². The van der Waals surface area contributed by atoms with Crippen LogP contribution < -0.4 is 0 Å². The van der Waals surface area contributed by atoms with Crippen LogP contribution in [0.5, 0.6) is 0 Å². The summed E-state index contributed by atoms with van der Waals surface area (Å²) in [5.74, 6) is -0.381. The molecule has 0 bridgehead atoms. The first kappa shape index (κ1) is 13.0. The van der Waals surface area contributed by atoms with E-state index in [0.717, 1.165) is 12.8 Å². The molecule has 110 valence electrons. The van der Waals surface area contributed by atoms with Gasteiger partial charge in [-0.3, -0.25) is 0 Å². The van der Waals surface area contributed by atoms with Gasteiger partial charge in [-0.15, -0.1) is 0 Å². The van der Waals surface area contributed by atoms with Crippen LogP contribution in [0.2, 0.25) is 0 Å². The van der Waals surface area contributed by atoms with Gasteiger partial charge in [-0.1, -0.05) is 11.6 Å². The van der Waals surface area contributed by atoms with E-state index < -0.39 is 5.79 Å². The maximum absolute atomic E-state index is 11.9. The van der Waals surface area contributed by atoms with Crippen LogP contribution in [0.4, 0.5) is 0 Å². The number of hydrogen-bond acceptors (Lipinski definition) is 3. The molecule has 1 aliphatic heterocycles. The minimum absolute atomic E-state index is 0.147. The molecule has 4 atom stereocenters. The average molecular weight is 276 g/mol. The third kappa shape index (κ3) is 1.27. The van der Waals surface area contributed by atoms with Crippen molar-refractivity contribution >= 4 is 6.29 Å². The molecule has 2 saturated carbocycles. The quantitative estimate of drug-likeness (QED) is 0.545. The third-order valence-corrected chi connectivity index (χ3v) is 6.46. The zero-order valence-corrected chi connectivity index (χ0v) is 12.9. The standard InChI is InChI=1S/C17H24O3/c1-11-9-16(10-18)6-5-12-13(16)15(4,17(11)7-8-17)20-14(2,3)19-12/h9-10,12-13H,5-8H2,1-4H3/t12-,13-,15+,16+/m0/s1. The van der Waals surface area contributed by atoms with Gasteiger partial charge in [0.1, 0.15) is 6.29 Å². The summed E-state index contributed by atoms with van der Waals surface area (Å²) in [6.07, 6.45) is 7.79. The van der Waals surface area contributed by atoms with E-state index in [1.54, 1.807) is 0 Å². The van der Waals surface area contributed by atoms with Crippen LogP contribution in [0.3, 0.4) is 0 Å². The summed E-state index contributed by atoms with van der Waals surface area (Å²) in [5.41, 5.74) is 0.874. The molecule has 0 amide bonds. The Kier molecular flexibility index (Phi) is 2.20. The number of allylic oxidation sites excluding steroid dienone is 1. The Morgan fingerprint density at radius 2 is 1.95 bits per heavy atom. The van der Waals surface area contributed by atoms with Crippen molar-refractivity contribution in [3.05, 3.63) is 11.6 Å². The summed E-state index contributed by atoms with van der Waals surface area (Å²) >= 11 is 0. The first-order valence-corrected chi connectivity index (χ1v) is 7.83. The van der Waals surface area contributed by atoms with Crippen molar-refractivity contribution in [1.82, 2.24) is 0 Å². The number of rotatable bonds is 1. The molecule has 3 heteroatoms. The Hall–Kier alpha value is -0.670. The lowest BCUT2D eigenvalue weighted by atomic mass is 9.57. The second-order valence-corrected chi connectivity index (χ2v) is 7.92. The van der Waals surface area contributed by atoms with Crippen LogP contribution in [-0.2, 0) is 14.3 Å². The second-order valence-electron chi connectivity index (χ2n) is 7.92. The summed E-state index contributed by atoms with van der Waals surface area (Å²) in [5, 5.41) is 0. The molecule has 3 aliphatic carbocycles. The maximum Gasteiger partial charge on any atom is 0.163 e. The molecule has 4 rings (SSSR count). The topological polar surface area (TPSA) is 35.5 Å². The lowest BCUT2D eigenvalue weighted by Crippen LogP contribution is -2.65. The van der Waals surface area contributed by atoms with Gasteiger partial charge in [0, 0.05) is 11.3 Å². The zero-order valence-electron chi connectivity index (χ0n) is 12.9. The molecule has 0 aromatic heterocycles. The van der Waals surface area contributed by atoms with Crippen molar-refractivity contribution in [3.8, 4) is 0 Å². The highest BCUT2D eigenvalue weighted by molar-refractivity contribution is 5.67. The summed E-state index contributed by atoms with van der Waals surface area (Å²) in [6.45, 7) is 8.46. The molecule has 0 N–H and O–H groups in total. The summed E-state index contributed by atoms with van der Waals surface area (Å²) in [7, 11) is 0. The Morgan fingerprint density at radius 1 is 1.25 bits per heavy atom. The van der Waals surface area contributed by atoms with Gasteiger partial charge in [0.15, 0.2) is 5.79 Å². The van der Waals surface area contributed by atoms with Crippen LogP contribution >= 0.6 is 0 Å². The van der Waals surface area contributed by atoms with Crippen molar-refractivity contribution in [2.45, 2.75) is 70.9 Å². The fourth-order valence-corrected chi connectivity index (χ4v) is 5.69. The Labute approximate surface area is 120 Å². The van der Waals surface area contributed by atoms with Crippen molar-refractivity contribution < 1.29 is 14.3 Å². The van der Waals surface area contributed by atoms with Crippen molar-refractivity contribution in [1.29, 1.82) is 0 Å². The third-order valence-electron chi connectivity index (χ3n) is 6.46. The van der Waals surface area contributed by atoms with Crippen molar-refractivity contribution in [2.75, 3.05) is 0 Å². The zero-order chi connectivity index (χ0) is 14.4. The number of aldehydes is 1. The molecular weight excluding hydrogens is 252 g/mol. The first-order valence-electron chi connectivity index (χ1n) is 7.83. The number of carbonyl (C=O) groups excluding carboxylic acids is 1. The molecule has 20 heavy (non-hydrogen) atoms. The van der Waals surface area contributed by atoms with Gasteiger partial charge in [-0.2, -0.15) is 0 Å². The largest absolute Gasteiger partial charge is 0.347 e. The summed E-state index contributed by atoms with van der Waals surface area (Å²) < 4.78 is 12.7. The van der Waals surface area contributed by atoms with E-state index in [-0.39, 0.29) is 28.5 Å². The molecule has 3 nitrogen and oxygen atoms in total. The molecule has 0 unspecified atom stereocenters. The van der Waals surface area contributed by atoms with Crippen molar-refractivity contribution in [3.63, 3.8) is 0 Å². The van der Waals surface area contributed by atoms with Gasteiger partial charge in [-0.25, -0.2) is 0 Å². The summed E-state index contributed by atoms with van der Waals surface area (Å²) in [4.78, 5) is 11.9. The van der Waals surface area contributed by atoms with Crippen LogP contribution in [0.1, 0.15) is 53.4 Å². The molecule has 4 aliphatic rings. The molecule has 3 fully saturated rings. The highest BCUT2D eigenvalue weighted by atomic mass is 16.7. The minimum Gasteiger partial charge on any atom is -0.347 e. The normalized spacial score (nSPS) is 50.5. The van der Waals surface area contributed by atoms with E-state index in [9.17, 15) is 4.79 Å². The fourth-order valence-electron chi connectivity index (χ4n) is 5.69. The number of ether oxygens (including phenoxy) is 2. The van der Waals surface area contributed by atoms with Gasteiger partial charge in [0.2, 0.25) is 0 Å². The molecular formula is C17H24O3. The minimum atomic E-state index is -0.553. The van der Waals surface area contributed by atoms with Crippen molar-refractivity contribution in [2.24, 2.45) is 16.7 Å². The molecule has 0 aromatic carbocycles. The van der Waals surface area contributed by atoms with E-state index >= 15 is 0 Å². The SMILES string of the molecule is CC1=C[C@@]2(C=O)CC[C@@H]3OC(C)(C)O[C@](C)([C@H]32)C12CC2. The lowest BCUT2D eigenvalue weighted by Gasteiger charge is -2.59. The highest BCUT2D eigenvalue weighted by Crippen LogP contribution is 2.72.